The summed E-state index contributed by atoms with van der Waals surface area (Å²) in [4.78, 5) is 39.6. The normalized spacial score (nSPS) is 14.7. The highest BCUT2D eigenvalue weighted by molar-refractivity contribution is 7.17. The first-order chi connectivity index (χ1) is 21.7. The number of unbranched alkanes of at least 4 members (excludes halogenated alkanes) is 1. The molecule has 0 aliphatic heterocycles. The number of esters is 1. The fourth-order valence-electron chi connectivity index (χ4n) is 4.85. The van der Waals surface area contributed by atoms with Crippen molar-refractivity contribution in [3.05, 3.63) is 69.6 Å². The molecule has 0 unspecified atom stereocenters. The molecule has 1 aliphatic carbocycles. The van der Waals surface area contributed by atoms with Gasteiger partial charge in [-0.05, 0) is 99.0 Å². The van der Waals surface area contributed by atoms with Gasteiger partial charge in [-0.1, -0.05) is 20.3 Å². The molecule has 0 spiro atoms. The SMILES string of the molecule is CCCCOc1ccc(/C=N\NC(=O)[C@@H](C)Oc2ccc(C(=O)Nc3sc4c(c3C(=O)OCC)CC[C@H](C)C4)cc2)cc1OC. The van der Waals surface area contributed by atoms with Gasteiger partial charge in [-0.25, -0.2) is 10.2 Å². The van der Waals surface area contributed by atoms with Crippen LogP contribution in [-0.4, -0.2) is 50.4 Å². The van der Waals surface area contributed by atoms with Crippen LogP contribution in [0.25, 0.3) is 0 Å². The van der Waals surface area contributed by atoms with Gasteiger partial charge >= 0.3 is 5.97 Å². The van der Waals surface area contributed by atoms with Crippen LogP contribution in [0.1, 0.15) is 83.7 Å². The number of nitrogens with zero attached hydrogens (tertiary/aromatic N) is 1. The number of amides is 2. The predicted molar refractivity (Wildman–Crippen MR) is 175 cm³/mol. The number of carbonyl (C=O) groups excluding carboxylic acids is 3. The number of hydrogen-bond donors (Lipinski definition) is 2. The molecule has 0 radical (unpaired) electrons. The first kappa shape index (κ1) is 33.5. The number of ether oxygens (including phenoxy) is 4. The second-order valence-electron chi connectivity index (χ2n) is 10.9. The molecule has 0 saturated carbocycles. The van der Waals surface area contributed by atoms with Crippen LogP contribution in [0.4, 0.5) is 5.00 Å². The van der Waals surface area contributed by atoms with E-state index in [9.17, 15) is 14.4 Å². The van der Waals surface area contributed by atoms with Crippen LogP contribution in [0.2, 0.25) is 0 Å². The molecule has 1 aromatic heterocycles. The van der Waals surface area contributed by atoms with Crippen molar-refractivity contribution >= 4 is 40.3 Å². The standard InChI is InChI=1S/C34H41N3O7S/c1-6-8-17-43-27-16-10-23(19-28(27)41-5)20-35-37-31(38)22(4)44-25-13-11-24(12-14-25)32(39)36-33-30(34(40)42-7-2)26-15-9-21(3)18-29(26)45-33/h10-14,16,19-22H,6-9,15,17-18H2,1-5H3,(H,36,39)(H,37,38)/b35-20-/t21-,22+/m0/s1. The van der Waals surface area contributed by atoms with E-state index in [4.69, 9.17) is 18.9 Å². The molecule has 0 fully saturated rings. The van der Waals surface area contributed by atoms with Crippen molar-refractivity contribution in [2.24, 2.45) is 11.0 Å². The molecule has 2 atom stereocenters. The number of methoxy groups -OCH3 is 1. The zero-order chi connectivity index (χ0) is 32.3. The van der Waals surface area contributed by atoms with Crippen molar-refractivity contribution in [2.75, 3.05) is 25.6 Å². The summed E-state index contributed by atoms with van der Waals surface area (Å²) in [5.74, 6) is 0.964. The van der Waals surface area contributed by atoms with E-state index in [0.717, 1.165) is 48.1 Å². The monoisotopic (exact) mass is 635 g/mol. The smallest absolute Gasteiger partial charge is 0.341 e. The topological polar surface area (TPSA) is 125 Å². The lowest BCUT2D eigenvalue weighted by Gasteiger charge is -2.18. The molecule has 11 heteroatoms. The van der Waals surface area contributed by atoms with Crippen molar-refractivity contribution < 1.29 is 33.3 Å². The second-order valence-corrected chi connectivity index (χ2v) is 12.0. The van der Waals surface area contributed by atoms with Gasteiger partial charge in [-0.2, -0.15) is 5.10 Å². The number of hydrazone groups is 1. The Hall–Kier alpha value is -4.38. The number of anilines is 1. The maximum Gasteiger partial charge on any atom is 0.341 e. The highest BCUT2D eigenvalue weighted by atomic mass is 32.1. The van der Waals surface area contributed by atoms with Gasteiger partial charge in [0.25, 0.3) is 11.8 Å². The molecule has 240 valence electrons. The Morgan fingerprint density at radius 3 is 2.60 bits per heavy atom. The molecule has 1 aliphatic rings. The van der Waals surface area contributed by atoms with E-state index in [1.54, 1.807) is 57.4 Å². The van der Waals surface area contributed by atoms with Crippen LogP contribution in [0, 0.1) is 5.92 Å². The van der Waals surface area contributed by atoms with Crippen molar-refractivity contribution in [2.45, 2.75) is 65.9 Å². The Bertz CT molecular complexity index is 1520. The maximum atomic E-state index is 13.1. The van der Waals surface area contributed by atoms with Crippen LogP contribution in [0.15, 0.2) is 47.6 Å². The maximum absolute atomic E-state index is 13.1. The summed E-state index contributed by atoms with van der Waals surface area (Å²) in [7, 11) is 1.57. The van der Waals surface area contributed by atoms with Gasteiger partial charge in [-0.15, -0.1) is 11.3 Å². The highest BCUT2D eigenvalue weighted by Crippen LogP contribution is 2.40. The first-order valence-electron chi connectivity index (χ1n) is 15.3. The Morgan fingerprint density at radius 1 is 1.11 bits per heavy atom. The summed E-state index contributed by atoms with van der Waals surface area (Å²) in [6.45, 7) is 8.53. The van der Waals surface area contributed by atoms with Crippen LogP contribution >= 0.6 is 11.3 Å². The lowest BCUT2D eigenvalue weighted by atomic mass is 9.88. The van der Waals surface area contributed by atoms with Crippen LogP contribution < -0.4 is 25.0 Å². The lowest BCUT2D eigenvalue weighted by molar-refractivity contribution is -0.127. The molecule has 2 amide bonds. The van der Waals surface area contributed by atoms with E-state index in [1.165, 1.54) is 17.6 Å². The Balaban J connectivity index is 1.33. The lowest BCUT2D eigenvalue weighted by Crippen LogP contribution is -2.33. The molecule has 1 heterocycles. The Morgan fingerprint density at radius 2 is 1.89 bits per heavy atom. The third kappa shape index (κ3) is 8.85. The number of hydrogen-bond acceptors (Lipinski definition) is 9. The summed E-state index contributed by atoms with van der Waals surface area (Å²) in [6.07, 6.45) is 5.30. The van der Waals surface area contributed by atoms with Gasteiger partial charge in [-0.3, -0.25) is 9.59 Å². The average Bonchev–Trinajstić information content (AvgIpc) is 3.38. The van der Waals surface area contributed by atoms with E-state index in [0.29, 0.717) is 45.9 Å². The van der Waals surface area contributed by atoms with Gasteiger partial charge in [0, 0.05) is 10.4 Å². The molecule has 10 nitrogen and oxygen atoms in total. The summed E-state index contributed by atoms with van der Waals surface area (Å²) in [6, 6.07) is 11.9. The van der Waals surface area contributed by atoms with Crippen LogP contribution in [0.3, 0.4) is 0 Å². The van der Waals surface area contributed by atoms with Gasteiger partial charge in [0.15, 0.2) is 17.6 Å². The summed E-state index contributed by atoms with van der Waals surface area (Å²) in [5.41, 5.74) is 5.04. The van der Waals surface area contributed by atoms with E-state index >= 15 is 0 Å². The number of benzene rings is 2. The Labute approximate surface area is 268 Å². The van der Waals surface area contributed by atoms with Crippen LogP contribution in [-0.2, 0) is 22.4 Å². The molecule has 2 aromatic carbocycles. The number of fused-ring (bicyclic) bond motifs is 1. The first-order valence-corrected chi connectivity index (χ1v) is 16.1. The Kier molecular flexibility index (Phi) is 12.0. The average molecular weight is 636 g/mol. The van der Waals surface area contributed by atoms with E-state index < -0.39 is 18.0 Å². The third-order valence-electron chi connectivity index (χ3n) is 7.35. The van der Waals surface area contributed by atoms with Gasteiger partial charge < -0.3 is 24.3 Å². The molecule has 0 bridgehead atoms. The van der Waals surface area contributed by atoms with Crippen LogP contribution in [0.5, 0.6) is 17.2 Å². The van der Waals surface area contributed by atoms with Crippen molar-refractivity contribution in [1.82, 2.24) is 5.43 Å². The van der Waals surface area contributed by atoms with Gasteiger partial charge in [0.1, 0.15) is 10.8 Å². The fraction of sp³-hybridized carbons (Fsp3) is 0.412. The summed E-state index contributed by atoms with van der Waals surface area (Å²) < 4.78 is 22.2. The van der Waals surface area contributed by atoms with E-state index in [1.807, 2.05) is 6.07 Å². The third-order valence-corrected chi connectivity index (χ3v) is 8.52. The minimum Gasteiger partial charge on any atom is -0.493 e. The predicted octanol–water partition coefficient (Wildman–Crippen LogP) is 6.41. The van der Waals surface area contributed by atoms with E-state index in [2.05, 4.69) is 29.7 Å². The zero-order valence-electron chi connectivity index (χ0n) is 26.4. The van der Waals surface area contributed by atoms with Crippen molar-refractivity contribution in [1.29, 1.82) is 0 Å². The quantitative estimate of drug-likeness (QED) is 0.0908. The van der Waals surface area contributed by atoms with Gasteiger partial charge in [0.05, 0.1) is 32.1 Å². The van der Waals surface area contributed by atoms with Crippen molar-refractivity contribution in [3.63, 3.8) is 0 Å². The molecule has 0 saturated heterocycles. The molecule has 45 heavy (non-hydrogen) atoms. The van der Waals surface area contributed by atoms with Crippen molar-refractivity contribution in [3.8, 4) is 17.2 Å². The zero-order valence-corrected chi connectivity index (χ0v) is 27.3. The van der Waals surface area contributed by atoms with Gasteiger partial charge in [0.2, 0.25) is 0 Å². The summed E-state index contributed by atoms with van der Waals surface area (Å²) in [5, 5.41) is 7.47. The number of nitrogens with one attached hydrogen (secondary N) is 2. The number of rotatable bonds is 14. The largest absolute Gasteiger partial charge is 0.493 e. The number of carbonyl (C=O) groups is 3. The molecule has 2 N–H and O–H groups in total. The highest BCUT2D eigenvalue weighted by Gasteiger charge is 2.29. The molecular formula is C34H41N3O7S. The summed E-state index contributed by atoms with van der Waals surface area (Å²) >= 11 is 1.44. The minimum atomic E-state index is -0.849. The molecule has 3 aromatic rings. The second kappa shape index (κ2) is 16.1. The minimum absolute atomic E-state index is 0.260. The molecule has 4 rings (SSSR count). The van der Waals surface area contributed by atoms with E-state index in [-0.39, 0.29) is 12.5 Å². The number of thiophene rings is 1. The fourth-order valence-corrected chi connectivity index (χ4v) is 6.24. The molecular weight excluding hydrogens is 594 g/mol.